The molecular formula is C17H16FNO. The third kappa shape index (κ3) is 2.44. The number of halogens is 1. The summed E-state index contributed by atoms with van der Waals surface area (Å²) in [7, 11) is 0. The number of hydrogen-bond donors (Lipinski definition) is 1. The van der Waals surface area contributed by atoms with Crippen molar-refractivity contribution in [3.8, 4) is 0 Å². The molecule has 0 radical (unpaired) electrons. The topological polar surface area (TPSA) is 29.1 Å². The molecule has 0 atom stereocenters. The number of hydrogen-bond acceptors (Lipinski definition) is 1. The molecular weight excluding hydrogens is 253 g/mol. The number of amides is 1. The fourth-order valence-corrected chi connectivity index (χ4v) is 2.84. The van der Waals surface area contributed by atoms with Crippen LogP contribution in [0, 0.1) is 5.82 Å². The van der Waals surface area contributed by atoms with Gasteiger partial charge in [-0.15, -0.1) is 0 Å². The van der Waals surface area contributed by atoms with Gasteiger partial charge in [-0.3, -0.25) is 4.79 Å². The smallest absolute Gasteiger partial charge is 0.251 e. The van der Waals surface area contributed by atoms with Crippen LogP contribution in [0.1, 0.15) is 28.4 Å². The van der Waals surface area contributed by atoms with E-state index in [-0.39, 0.29) is 17.3 Å². The summed E-state index contributed by atoms with van der Waals surface area (Å²) in [5.41, 5.74) is 2.79. The van der Waals surface area contributed by atoms with E-state index < -0.39 is 0 Å². The molecule has 20 heavy (non-hydrogen) atoms. The minimum Gasteiger partial charge on any atom is -0.346 e. The molecule has 3 heteroatoms. The van der Waals surface area contributed by atoms with Crippen molar-refractivity contribution in [3.05, 3.63) is 71.0 Å². The van der Waals surface area contributed by atoms with Crippen LogP contribution < -0.4 is 5.32 Å². The van der Waals surface area contributed by atoms with Crippen LogP contribution in [-0.2, 0) is 12.8 Å². The largest absolute Gasteiger partial charge is 0.346 e. The fourth-order valence-electron chi connectivity index (χ4n) is 2.84. The molecule has 0 saturated carbocycles. The van der Waals surface area contributed by atoms with Gasteiger partial charge in [-0.05, 0) is 55.2 Å². The molecule has 0 unspecified atom stereocenters. The lowest BCUT2D eigenvalue weighted by Gasteiger charge is -2.25. The van der Waals surface area contributed by atoms with E-state index in [9.17, 15) is 9.18 Å². The van der Waals surface area contributed by atoms with Crippen LogP contribution in [0.3, 0.4) is 0 Å². The molecule has 1 N–H and O–H groups in total. The third-order valence-corrected chi connectivity index (χ3v) is 3.80. The Hall–Kier alpha value is -2.16. The van der Waals surface area contributed by atoms with E-state index in [1.54, 1.807) is 0 Å². The summed E-state index contributed by atoms with van der Waals surface area (Å²) in [6.07, 6.45) is 1.66. The second kappa shape index (κ2) is 4.75. The van der Waals surface area contributed by atoms with Gasteiger partial charge < -0.3 is 5.32 Å². The van der Waals surface area contributed by atoms with Crippen molar-refractivity contribution < 1.29 is 9.18 Å². The molecule has 0 saturated heterocycles. The number of carbonyl (C=O) groups is 1. The molecule has 102 valence electrons. The lowest BCUT2D eigenvalue weighted by Crippen LogP contribution is -2.46. The Morgan fingerprint density at radius 3 is 2.15 bits per heavy atom. The van der Waals surface area contributed by atoms with Crippen molar-refractivity contribution in [3.63, 3.8) is 0 Å². The number of rotatable bonds is 2. The van der Waals surface area contributed by atoms with Gasteiger partial charge in [-0.2, -0.15) is 0 Å². The summed E-state index contributed by atoms with van der Waals surface area (Å²) in [5.74, 6) is -0.485. The summed E-state index contributed by atoms with van der Waals surface area (Å²) in [6.45, 7) is 2.05. The van der Waals surface area contributed by atoms with Gasteiger partial charge in [-0.1, -0.05) is 24.3 Å². The predicted molar refractivity (Wildman–Crippen MR) is 76.1 cm³/mol. The molecule has 3 rings (SSSR count). The van der Waals surface area contributed by atoms with Crippen molar-refractivity contribution in [1.29, 1.82) is 0 Å². The van der Waals surface area contributed by atoms with E-state index in [0.29, 0.717) is 5.56 Å². The lowest BCUT2D eigenvalue weighted by molar-refractivity contribution is 0.0909. The van der Waals surface area contributed by atoms with Crippen molar-refractivity contribution in [1.82, 2.24) is 5.32 Å². The van der Waals surface area contributed by atoms with E-state index in [1.807, 2.05) is 12.1 Å². The highest BCUT2D eigenvalue weighted by molar-refractivity contribution is 5.94. The molecule has 1 aliphatic carbocycles. The maximum absolute atomic E-state index is 12.9. The number of fused-ring (bicyclic) bond motifs is 1. The van der Waals surface area contributed by atoms with Gasteiger partial charge in [0.25, 0.3) is 5.91 Å². The Kier molecular flexibility index (Phi) is 3.05. The summed E-state index contributed by atoms with van der Waals surface area (Å²) in [4.78, 5) is 12.2. The molecule has 0 spiro atoms. The first-order valence-electron chi connectivity index (χ1n) is 6.71. The van der Waals surface area contributed by atoms with E-state index in [2.05, 4.69) is 24.4 Å². The first-order chi connectivity index (χ1) is 9.56. The molecule has 0 heterocycles. The van der Waals surface area contributed by atoms with Crippen LogP contribution in [0.5, 0.6) is 0 Å². The Morgan fingerprint density at radius 2 is 1.60 bits per heavy atom. The Bertz CT molecular complexity index is 623. The van der Waals surface area contributed by atoms with Crippen LogP contribution in [0.2, 0.25) is 0 Å². The van der Waals surface area contributed by atoms with Gasteiger partial charge in [0.15, 0.2) is 0 Å². The lowest BCUT2D eigenvalue weighted by atomic mass is 9.98. The van der Waals surface area contributed by atoms with Gasteiger partial charge in [0.1, 0.15) is 5.82 Å². The quantitative estimate of drug-likeness (QED) is 0.891. The SMILES string of the molecule is CC1(NC(=O)c2ccc(F)cc2)Cc2ccccc2C1. The van der Waals surface area contributed by atoms with Crippen molar-refractivity contribution >= 4 is 5.91 Å². The summed E-state index contributed by atoms with van der Waals surface area (Å²) < 4.78 is 12.9. The van der Waals surface area contributed by atoms with Crippen LogP contribution in [0.15, 0.2) is 48.5 Å². The average Bonchev–Trinajstić information content (AvgIpc) is 2.75. The molecule has 1 aliphatic rings. The molecule has 0 fully saturated rings. The second-order valence-corrected chi connectivity index (χ2v) is 5.64. The van der Waals surface area contributed by atoms with E-state index in [1.165, 1.54) is 35.4 Å². The molecule has 2 aromatic rings. The van der Waals surface area contributed by atoms with E-state index in [4.69, 9.17) is 0 Å². The first kappa shape index (κ1) is 12.9. The summed E-state index contributed by atoms with van der Waals surface area (Å²) in [6, 6.07) is 13.9. The van der Waals surface area contributed by atoms with Crippen molar-refractivity contribution in [2.45, 2.75) is 25.3 Å². The average molecular weight is 269 g/mol. The van der Waals surface area contributed by atoms with Gasteiger partial charge in [0, 0.05) is 11.1 Å². The van der Waals surface area contributed by atoms with Crippen LogP contribution in [-0.4, -0.2) is 11.4 Å². The minimum absolute atomic E-state index is 0.152. The monoisotopic (exact) mass is 269 g/mol. The van der Waals surface area contributed by atoms with Crippen LogP contribution in [0.4, 0.5) is 4.39 Å². The molecule has 0 bridgehead atoms. The summed E-state index contributed by atoms with van der Waals surface area (Å²) in [5, 5.41) is 3.08. The predicted octanol–water partition coefficient (Wildman–Crippen LogP) is 3.11. The molecule has 2 nitrogen and oxygen atoms in total. The summed E-state index contributed by atoms with van der Waals surface area (Å²) >= 11 is 0. The highest BCUT2D eigenvalue weighted by Crippen LogP contribution is 2.29. The number of nitrogens with one attached hydrogen (secondary N) is 1. The highest BCUT2D eigenvalue weighted by atomic mass is 19.1. The van der Waals surface area contributed by atoms with Gasteiger partial charge in [0.05, 0.1) is 0 Å². The Labute approximate surface area is 117 Å². The molecule has 0 aliphatic heterocycles. The number of benzene rings is 2. The zero-order valence-electron chi connectivity index (χ0n) is 11.3. The highest BCUT2D eigenvalue weighted by Gasteiger charge is 2.34. The van der Waals surface area contributed by atoms with Crippen LogP contribution >= 0.6 is 0 Å². The molecule has 1 amide bonds. The normalized spacial score (nSPS) is 15.7. The minimum atomic E-state index is -0.332. The second-order valence-electron chi connectivity index (χ2n) is 5.64. The van der Waals surface area contributed by atoms with Crippen LogP contribution in [0.25, 0.3) is 0 Å². The van der Waals surface area contributed by atoms with Gasteiger partial charge >= 0.3 is 0 Å². The Morgan fingerprint density at radius 1 is 1.05 bits per heavy atom. The van der Waals surface area contributed by atoms with Crippen molar-refractivity contribution in [2.75, 3.05) is 0 Å². The zero-order chi connectivity index (χ0) is 14.2. The van der Waals surface area contributed by atoms with E-state index in [0.717, 1.165) is 12.8 Å². The third-order valence-electron chi connectivity index (χ3n) is 3.80. The standard InChI is InChI=1S/C17H16FNO/c1-17(10-13-4-2-3-5-14(13)11-17)19-16(20)12-6-8-15(18)9-7-12/h2-9H,10-11H2,1H3,(H,19,20). The van der Waals surface area contributed by atoms with Crippen molar-refractivity contribution in [2.24, 2.45) is 0 Å². The van der Waals surface area contributed by atoms with Gasteiger partial charge in [-0.25, -0.2) is 4.39 Å². The molecule has 0 aromatic heterocycles. The van der Waals surface area contributed by atoms with E-state index >= 15 is 0 Å². The number of carbonyl (C=O) groups excluding carboxylic acids is 1. The zero-order valence-corrected chi connectivity index (χ0v) is 11.3. The molecule has 2 aromatic carbocycles. The maximum atomic E-state index is 12.9. The van der Waals surface area contributed by atoms with Gasteiger partial charge in [0.2, 0.25) is 0 Å². The first-order valence-corrected chi connectivity index (χ1v) is 6.71. The maximum Gasteiger partial charge on any atom is 0.251 e. The fraction of sp³-hybridized carbons (Fsp3) is 0.235. The Balaban J connectivity index is 1.76.